The summed E-state index contributed by atoms with van der Waals surface area (Å²) in [6, 6.07) is 52.5. The maximum Gasteiger partial charge on any atom is 0.164 e. The molecular formula is C49H39N3S. The normalized spacial score (nSPS) is 21.8. The monoisotopic (exact) mass is 701 g/mol. The van der Waals surface area contributed by atoms with Crippen LogP contribution >= 0.6 is 11.3 Å². The fraction of sp³-hybridized carbons (Fsp3) is 0.204. The third kappa shape index (κ3) is 5.42. The second-order valence-electron chi connectivity index (χ2n) is 15.9. The zero-order valence-electron chi connectivity index (χ0n) is 29.6. The van der Waals surface area contributed by atoms with Crippen LogP contribution in [-0.2, 0) is 5.41 Å². The molecule has 4 aliphatic rings. The Labute approximate surface area is 314 Å². The van der Waals surface area contributed by atoms with E-state index in [9.17, 15) is 0 Å². The van der Waals surface area contributed by atoms with Gasteiger partial charge < -0.3 is 0 Å². The van der Waals surface area contributed by atoms with Gasteiger partial charge in [-0.25, -0.2) is 15.0 Å². The third-order valence-electron chi connectivity index (χ3n) is 12.5. The Kier molecular flexibility index (Phi) is 7.23. The Morgan fingerprint density at radius 2 is 1.00 bits per heavy atom. The van der Waals surface area contributed by atoms with Gasteiger partial charge in [-0.1, -0.05) is 121 Å². The average Bonchev–Trinajstić information content (AvgIpc) is 3.59. The van der Waals surface area contributed by atoms with E-state index in [0.717, 1.165) is 45.6 Å². The first-order valence-corrected chi connectivity index (χ1v) is 20.0. The molecule has 0 radical (unpaired) electrons. The Morgan fingerprint density at radius 3 is 1.70 bits per heavy atom. The molecule has 0 saturated heterocycles. The Balaban J connectivity index is 1.10. The van der Waals surface area contributed by atoms with E-state index >= 15 is 0 Å². The molecule has 4 saturated carbocycles. The lowest BCUT2D eigenvalue weighted by molar-refractivity contribution is -0.00518. The van der Waals surface area contributed by atoms with Gasteiger partial charge in [-0.15, -0.1) is 11.3 Å². The predicted octanol–water partition coefficient (Wildman–Crippen LogP) is 13.0. The summed E-state index contributed by atoms with van der Waals surface area (Å²) in [5.41, 5.74) is 9.58. The molecule has 8 aromatic rings. The van der Waals surface area contributed by atoms with Gasteiger partial charge in [-0.2, -0.15) is 0 Å². The van der Waals surface area contributed by atoms with Crippen molar-refractivity contribution in [3.8, 4) is 56.4 Å². The van der Waals surface area contributed by atoms with Crippen molar-refractivity contribution < 1.29 is 0 Å². The smallest absolute Gasteiger partial charge is 0.164 e. The van der Waals surface area contributed by atoms with Crippen molar-refractivity contribution in [1.82, 2.24) is 15.0 Å². The standard InChI is InChI=1S/C49H39N3S/c1-3-10-34(11-4-1)37-14-9-15-38(25-37)47-50-46(36-18-20-40(21-19-36)49-28-31-22-32(29-49)24-33(23-31)30-49)51-48(52-47)42-26-39(35-12-5-2-6-13-35)27-44-45(42)41-16-7-8-17-43(41)53-44/h1-21,25-27,31-33H,22-24,28-30H2. The quantitative estimate of drug-likeness (QED) is 0.173. The number of aromatic nitrogens is 3. The molecule has 4 heteroatoms. The molecule has 0 atom stereocenters. The maximum absolute atomic E-state index is 5.36. The van der Waals surface area contributed by atoms with Crippen molar-refractivity contribution in [3.05, 3.63) is 151 Å². The van der Waals surface area contributed by atoms with Crippen LogP contribution in [0.15, 0.2) is 146 Å². The number of rotatable bonds is 6. The van der Waals surface area contributed by atoms with Crippen LogP contribution in [0.2, 0.25) is 0 Å². The van der Waals surface area contributed by atoms with E-state index in [-0.39, 0.29) is 0 Å². The number of nitrogens with zero attached hydrogens (tertiary/aromatic N) is 3. The minimum atomic E-state index is 0.351. The molecule has 12 rings (SSSR count). The molecule has 0 spiro atoms. The van der Waals surface area contributed by atoms with Crippen LogP contribution in [0.25, 0.3) is 76.6 Å². The summed E-state index contributed by atoms with van der Waals surface area (Å²) < 4.78 is 2.50. The Hall–Kier alpha value is -5.45. The topological polar surface area (TPSA) is 38.7 Å². The number of hydrogen-bond acceptors (Lipinski definition) is 4. The first-order chi connectivity index (χ1) is 26.1. The van der Waals surface area contributed by atoms with Crippen LogP contribution in [-0.4, -0.2) is 15.0 Å². The number of fused-ring (bicyclic) bond motifs is 3. The van der Waals surface area contributed by atoms with Gasteiger partial charge in [-0.05, 0) is 114 Å². The summed E-state index contributed by atoms with van der Waals surface area (Å²) in [7, 11) is 0. The molecule has 3 nitrogen and oxygen atoms in total. The van der Waals surface area contributed by atoms with Crippen molar-refractivity contribution in [2.75, 3.05) is 0 Å². The molecular weight excluding hydrogens is 663 g/mol. The van der Waals surface area contributed by atoms with Crippen molar-refractivity contribution >= 4 is 31.5 Å². The van der Waals surface area contributed by atoms with E-state index in [0.29, 0.717) is 22.9 Å². The summed E-state index contributed by atoms with van der Waals surface area (Å²) in [6.07, 6.45) is 8.45. The lowest BCUT2D eigenvalue weighted by Crippen LogP contribution is -2.48. The molecule has 0 N–H and O–H groups in total. The molecule has 6 aromatic carbocycles. The van der Waals surface area contributed by atoms with Crippen LogP contribution in [0, 0.1) is 17.8 Å². The van der Waals surface area contributed by atoms with Gasteiger partial charge in [0, 0.05) is 36.9 Å². The van der Waals surface area contributed by atoms with E-state index in [1.807, 2.05) is 11.3 Å². The fourth-order valence-corrected chi connectivity index (χ4v) is 11.7. The van der Waals surface area contributed by atoms with Crippen LogP contribution in [0.1, 0.15) is 44.1 Å². The summed E-state index contributed by atoms with van der Waals surface area (Å²) in [6.45, 7) is 0. The summed E-state index contributed by atoms with van der Waals surface area (Å²) in [4.78, 5) is 15.9. The van der Waals surface area contributed by atoms with Gasteiger partial charge in [0.05, 0.1) is 0 Å². The third-order valence-corrected chi connectivity index (χ3v) is 13.6. The minimum absolute atomic E-state index is 0.351. The summed E-state index contributed by atoms with van der Waals surface area (Å²) >= 11 is 1.83. The number of thiophene rings is 1. The fourth-order valence-electron chi connectivity index (χ4n) is 10.5. The van der Waals surface area contributed by atoms with E-state index in [4.69, 9.17) is 15.0 Å². The van der Waals surface area contributed by atoms with E-state index in [2.05, 4.69) is 146 Å². The lowest BCUT2D eigenvalue weighted by Gasteiger charge is -2.57. The molecule has 0 amide bonds. The second-order valence-corrected chi connectivity index (χ2v) is 17.0. The molecule has 256 valence electrons. The summed E-state index contributed by atoms with van der Waals surface area (Å²) in [5, 5.41) is 2.43. The van der Waals surface area contributed by atoms with Crippen molar-refractivity contribution in [1.29, 1.82) is 0 Å². The van der Waals surface area contributed by atoms with Crippen LogP contribution in [0.3, 0.4) is 0 Å². The highest BCUT2D eigenvalue weighted by atomic mass is 32.1. The maximum atomic E-state index is 5.36. The second kappa shape index (κ2) is 12.3. The first kappa shape index (κ1) is 31.1. The van der Waals surface area contributed by atoms with E-state index < -0.39 is 0 Å². The molecule has 4 aliphatic carbocycles. The van der Waals surface area contributed by atoms with Crippen LogP contribution in [0.4, 0.5) is 0 Å². The molecule has 0 aliphatic heterocycles. The Bertz CT molecular complexity index is 2610. The minimum Gasteiger partial charge on any atom is -0.208 e. The summed E-state index contributed by atoms with van der Waals surface area (Å²) in [5.74, 6) is 4.84. The number of benzene rings is 6. The molecule has 53 heavy (non-hydrogen) atoms. The van der Waals surface area contributed by atoms with Gasteiger partial charge >= 0.3 is 0 Å². The zero-order chi connectivity index (χ0) is 34.9. The SMILES string of the molecule is c1ccc(-c2cccc(-c3nc(-c4ccc(C56CC7CC(CC(C7)C5)C6)cc4)nc(-c4cc(-c5ccccc5)cc5sc6ccccc6c45)n3)c2)cc1. The van der Waals surface area contributed by atoms with Crippen LogP contribution in [0.5, 0.6) is 0 Å². The van der Waals surface area contributed by atoms with Gasteiger partial charge in [0.2, 0.25) is 0 Å². The van der Waals surface area contributed by atoms with Crippen molar-refractivity contribution in [3.63, 3.8) is 0 Å². The largest absolute Gasteiger partial charge is 0.208 e. The van der Waals surface area contributed by atoms with Gasteiger partial charge in [0.1, 0.15) is 0 Å². The van der Waals surface area contributed by atoms with Gasteiger partial charge in [0.25, 0.3) is 0 Å². The molecule has 2 heterocycles. The average molecular weight is 702 g/mol. The van der Waals surface area contributed by atoms with Gasteiger partial charge in [0.15, 0.2) is 17.5 Å². The zero-order valence-corrected chi connectivity index (χ0v) is 30.4. The van der Waals surface area contributed by atoms with E-state index in [1.165, 1.54) is 75.4 Å². The molecule has 2 aromatic heterocycles. The highest BCUT2D eigenvalue weighted by molar-refractivity contribution is 7.26. The van der Waals surface area contributed by atoms with Crippen molar-refractivity contribution in [2.24, 2.45) is 17.8 Å². The highest BCUT2D eigenvalue weighted by Gasteiger charge is 2.51. The number of hydrogen-bond donors (Lipinski definition) is 0. The highest BCUT2D eigenvalue weighted by Crippen LogP contribution is 2.60. The molecule has 4 fully saturated rings. The van der Waals surface area contributed by atoms with Gasteiger partial charge in [-0.3, -0.25) is 0 Å². The van der Waals surface area contributed by atoms with Crippen LogP contribution < -0.4 is 0 Å². The van der Waals surface area contributed by atoms with E-state index in [1.54, 1.807) is 0 Å². The molecule has 4 bridgehead atoms. The first-order valence-electron chi connectivity index (χ1n) is 19.2. The van der Waals surface area contributed by atoms with Crippen molar-refractivity contribution in [2.45, 2.75) is 43.9 Å². The molecule has 0 unspecified atom stereocenters. The Morgan fingerprint density at radius 1 is 0.434 bits per heavy atom. The predicted molar refractivity (Wildman–Crippen MR) is 220 cm³/mol. The lowest BCUT2D eigenvalue weighted by atomic mass is 9.48.